The van der Waals surface area contributed by atoms with E-state index >= 15 is 0 Å². The van der Waals surface area contributed by atoms with Crippen LogP contribution in [0.3, 0.4) is 0 Å². The number of piperidine rings is 1. The standard InChI is InChI=1S/C12H16ClNO2S/c13-11-2-1-10(17-11)5-8-14-6-3-9(4-7-14)12(15)16/h1-2,9H,3-8H2,(H,15,16). The summed E-state index contributed by atoms with van der Waals surface area (Å²) in [5.74, 6) is -0.780. The maximum atomic E-state index is 10.8. The molecule has 5 heteroatoms. The van der Waals surface area contributed by atoms with Crippen LogP contribution < -0.4 is 0 Å². The van der Waals surface area contributed by atoms with E-state index in [0.717, 1.165) is 43.2 Å². The Morgan fingerprint density at radius 2 is 2.18 bits per heavy atom. The lowest BCUT2D eigenvalue weighted by Crippen LogP contribution is -2.37. The van der Waals surface area contributed by atoms with Crippen LogP contribution in [0.25, 0.3) is 0 Å². The van der Waals surface area contributed by atoms with Crippen molar-refractivity contribution in [2.24, 2.45) is 5.92 Å². The van der Waals surface area contributed by atoms with Gasteiger partial charge in [-0.1, -0.05) is 11.6 Å². The van der Waals surface area contributed by atoms with Crippen molar-refractivity contribution in [1.82, 2.24) is 4.90 Å². The average Bonchev–Trinajstić information content (AvgIpc) is 2.73. The number of halogens is 1. The molecule has 1 saturated heterocycles. The molecule has 0 amide bonds. The lowest BCUT2D eigenvalue weighted by atomic mass is 9.97. The first kappa shape index (κ1) is 12.9. The summed E-state index contributed by atoms with van der Waals surface area (Å²) < 4.78 is 0.838. The minimum Gasteiger partial charge on any atom is -0.481 e. The Morgan fingerprint density at radius 3 is 2.71 bits per heavy atom. The van der Waals surface area contributed by atoms with Gasteiger partial charge in [0.05, 0.1) is 10.3 Å². The molecule has 0 unspecified atom stereocenters. The zero-order valence-corrected chi connectivity index (χ0v) is 11.1. The molecule has 1 aliphatic heterocycles. The predicted molar refractivity (Wildman–Crippen MR) is 69.8 cm³/mol. The van der Waals surface area contributed by atoms with Crippen LogP contribution in [0.1, 0.15) is 17.7 Å². The van der Waals surface area contributed by atoms with Crippen LogP contribution in [-0.2, 0) is 11.2 Å². The highest BCUT2D eigenvalue weighted by molar-refractivity contribution is 7.16. The van der Waals surface area contributed by atoms with E-state index in [0.29, 0.717) is 0 Å². The van der Waals surface area contributed by atoms with E-state index in [1.165, 1.54) is 4.88 Å². The van der Waals surface area contributed by atoms with Crippen molar-refractivity contribution in [2.75, 3.05) is 19.6 Å². The average molecular weight is 274 g/mol. The van der Waals surface area contributed by atoms with Gasteiger partial charge in [-0.05, 0) is 44.5 Å². The zero-order chi connectivity index (χ0) is 12.3. The third-order valence-corrected chi connectivity index (χ3v) is 4.53. The van der Waals surface area contributed by atoms with Gasteiger partial charge < -0.3 is 10.0 Å². The molecule has 0 bridgehead atoms. The van der Waals surface area contributed by atoms with Crippen molar-refractivity contribution in [1.29, 1.82) is 0 Å². The van der Waals surface area contributed by atoms with Crippen molar-refractivity contribution in [3.05, 3.63) is 21.3 Å². The summed E-state index contributed by atoms with van der Waals surface area (Å²) in [7, 11) is 0. The molecular weight excluding hydrogens is 258 g/mol. The van der Waals surface area contributed by atoms with Crippen molar-refractivity contribution in [3.8, 4) is 0 Å². The monoisotopic (exact) mass is 273 g/mol. The molecule has 0 radical (unpaired) electrons. The van der Waals surface area contributed by atoms with Gasteiger partial charge in [-0.15, -0.1) is 11.3 Å². The molecule has 2 heterocycles. The minimum absolute atomic E-state index is 0.137. The quantitative estimate of drug-likeness (QED) is 0.917. The van der Waals surface area contributed by atoms with E-state index in [9.17, 15) is 4.79 Å². The normalized spacial score (nSPS) is 18.4. The van der Waals surface area contributed by atoms with E-state index in [1.54, 1.807) is 11.3 Å². The van der Waals surface area contributed by atoms with Crippen LogP contribution >= 0.6 is 22.9 Å². The first-order valence-corrected chi connectivity index (χ1v) is 7.04. The smallest absolute Gasteiger partial charge is 0.306 e. The SMILES string of the molecule is O=C(O)C1CCN(CCc2ccc(Cl)s2)CC1. The fourth-order valence-corrected chi connectivity index (χ4v) is 3.23. The molecule has 0 aliphatic carbocycles. The molecule has 2 rings (SSSR count). The van der Waals surface area contributed by atoms with Gasteiger partial charge in [0.15, 0.2) is 0 Å². The Bertz CT molecular complexity index is 386. The van der Waals surface area contributed by atoms with Crippen LogP contribution in [0, 0.1) is 5.92 Å². The number of likely N-dealkylation sites (tertiary alicyclic amines) is 1. The number of carbonyl (C=O) groups is 1. The molecule has 0 saturated carbocycles. The summed E-state index contributed by atoms with van der Waals surface area (Å²) in [4.78, 5) is 14.5. The molecular formula is C12H16ClNO2S. The number of hydrogen-bond donors (Lipinski definition) is 1. The zero-order valence-electron chi connectivity index (χ0n) is 9.56. The third kappa shape index (κ3) is 3.69. The molecule has 0 spiro atoms. The Labute approximate surface area is 110 Å². The van der Waals surface area contributed by atoms with Gasteiger partial charge >= 0.3 is 5.97 Å². The number of carboxylic acids is 1. The molecule has 1 fully saturated rings. The molecule has 3 nitrogen and oxygen atoms in total. The molecule has 0 atom stereocenters. The van der Waals surface area contributed by atoms with E-state index in [2.05, 4.69) is 11.0 Å². The third-order valence-electron chi connectivity index (χ3n) is 3.24. The highest BCUT2D eigenvalue weighted by atomic mass is 35.5. The Hall–Kier alpha value is -0.580. The summed E-state index contributed by atoms with van der Waals surface area (Å²) in [6.07, 6.45) is 2.57. The molecule has 1 aliphatic rings. The summed E-state index contributed by atoms with van der Waals surface area (Å²) in [6, 6.07) is 4.00. The van der Waals surface area contributed by atoms with Crippen LogP contribution in [0.2, 0.25) is 4.34 Å². The number of aliphatic carboxylic acids is 1. The summed E-state index contributed by atoms with van der Waals surface area (Å²) in [6.45, 7) is 2.80. The summed E-state index contributed by atoms with van der Waals surface area (Å²) in [5.41, 5.74) is 0. The number of hydrogen-bond acceptors (Lipinski definition) is 3. The minimum atomic E-state index is -0.644. The molecule has 1 aromatic heterocycles. The first-order valence-electron chi connectivity index (χ1n) is 5.84. The van der Waals surface area contributed by atoms with Gasteiger partial charge in [0, 0.05) is 11.4 Å². The summed E-state index contributed by atoms with van der Waals surface area (Å²) >= 11 is 7.50. The van der Waals surface area contributed by atoms with Crippen LogP contribution in [0.15, 0.2) is 12.1 Å². The van der Waals surface area contributed by atoms with Crippen LogP contribution in [-0.4, -0.2) is 35.6 Å². The fraction of sp³-hybridized carbons (Fsp3) is 0.583. The lowest BCUT2D eigenvalue weighted by molar-refractivity contribution is -0.143. The highest BCUT2D eigenvalue weighted by Crippen LogP contribution is 2.23. The van der Waals surface area contributed by atoms with Crippen molar-refractivity contribution in [2.45, 2.75) is 19.3 Å². The van der Waals surface area contributed by atoms with E-state index in [-0.39, 0.29) is 5.92 Å². The second-order valence-corrected chi connectivity index (χ2v) is 6.21. The van der Waals surface area contributed by atoms with Crippen molar-refractivity contribution >= 4 is 28.9 Å². The molecule has 0 aromatic carbocycles. The van der Waals surface area contributed by atoms with Gasteiger partial charge in [-0.2, -0.15) is 0 Å². The van der Waals surface area contributed by atoms with Crippen molar-refractivity contribution in [3.63, 3.8) is 0 Å². The van der Waals surface area contributed by atoms with Crippen LogP contribution in [0.4, 0.5) is 0 Å². The van der Waals surface area contributed by atoms with Gasteiger partial charge in [0.2, 0.25) is 0 Å². The maximum absolute atomic E-state index is 10.8. The fourth-order valence-electron chi connectivity index (χ4n) is 2.16. The van der Waals surface area contributed by atoms with E-state index < -0.39 is 5.97 Å². The van der Waals surface area contributed by atoms with E-state index in [4.69, 9.17) is 16.7 Å². The van der Waals surface area contributed by atoms with Gasteiger partial charge in [0.25, 0.3) is 0 Å². The molecule has 1 aromatic rings. The predicted octanol–water partition coefficient (Wildman–Crippen LogP) is 2.74. The Balaban J connectivity index is 1.73. The second-order valence-electron chi connectivity index (χ2n) is 4.41. The van der Waals surface area contributed by atoms with Crippen molar-refractivity contribution < 1.29 is 9.90 Å². The second kappa shape index (κ2) is 5.85. The molecule has 94 valence electrons. The van der Waals surface area contributed by atoms with Gasteiger partial charge in [0.1, 0.15) is 0 Å². The Morgan fingerprint density at radius 1 is 1.47 bits per heavy atom. The Kier molecular flexibility index (Phi) is 4.42. The van der Waals surface area contributed by atoms with Gasteiger partial charge in [-0.3, -0.25) is 4.79 Å². The largest absolute Gasteiger partial charge is 0.481 e. The number of rotatable bonds is 4. The topological polar surface area (TPSA) is 40.5 Å². The molecule has 17 heavy (non-hydrogen) atoms. The first-order chi connectivity index (χ1) is 8.15. The maximum Gasteiger partial charge on any atom is 0.306 e. The highest BCUT2D eigenvalue weighted by Gasteiger charge is 2.23. The van der Waals surface area contributed by atoms with E-state index in [1.807, 2.05) is 6.07 Å². The molecule has 1 N–H and O–H groups in total. The number of carboxylic acid groups (broad SMARTS) is 1. The lowest BCUT2D eigenvalue weighted by Gasteiger charge is -2.29. The number of thiophene rings is 1. The number of nitrogens with zero attached hydrogens (tertiary/aromatic N) is 1. The van der Waals surface area contributed by atoms with Gasteiger partial charge in [-0.25, -0.2) is 0 Å². The van der Waals surface area contributed by atoms with Crippen LogP contribution in [0.5, 0.6) is 0 Å². The summed E-state index contributed by atoms with van der Waals surface area (Å²) in [5, 5.41) is 8.90.